The topological polar surface area (TPSA) is 67.4 Å². The Morgan fingerprint density at radius 3 is 2.60 bits per heavy atom. The number of methoxy groups -OCH3 is 1. The smallest absolute Gasteiger partial charge is 0.175 e. The number of rotatable bonds is 6. The van der Waals surface area contributed by atoms with Gasteiger partial charge in [0.2, 0.25) is 0 Å². The van der Waals surface area contributed by atoms with Gasteiger partial charge in [-0.3, -0.25) is 5.32 Å². The first-order chi connectivity index (χ1) is 12.0. The van der Waals surface area contributed by atoms with Crippen molar-refractivity contribution >= 4 is 21.6 Å². The number of hydrogen-bond donors (Lipinski definition) is 2. The molecule has 140 valence electrons. The Morgan fingerprint density at radius 2 is 2.00 bits per heavy atom. The number of thioether (sulfide) groups is 1. The highest BCUT2D eigenvalue weighted by atomic mass is 32.2. The van der Waals surface area contributed by atoms with Gasteiger partial charge in [-0.25, -0.2) is 8.42 Å². The molecular weight excluding hydrogens is 356 g/mol. The third-order valence-electron chi connectivity index (χ3n) is 5.08. The number of sulfone groups is 1. The van der Waals surface area contributed by atoms with Gasteiger partial charge >= 0.3 is 0 Å². The Hall–Kier alpha value is -0.600. The number of benzene rings is 1. The zero-order valence-corrected chi connectivity index (χ0v) is 16.5. The Bertz CT molecular complexity index is 657. The number of piperidine rings is 1. The van der Waals surface area contributed by atoms with Gasteiger partial charge in [-0.2, -0.15) is 11.8 Å². The van der Waals surface area contributed by atoms with Gasteiger partial charge in [0.25, 0.3) is 0 Å². The lowest BCUT2D eigenvalue weighted by molar-refractivity contribution is 0.0289. The molecule has 4 atom stereocenters. The van der Waals surface area contributed by atoms with Gasteiger partial charge in [-0.15, -0.1) is 0 Å². The molecule has 25 heavy (non-hydrogen) atoms. The molecule has 0 aromatic heterocycles. The SMILES string of the molecule is COC1CCC(NCC2CCCS2)NC1c1ccc(S(C)(=O)=O)cc1. The fourth-order valence-electron chi connectivity index (χ4n) is 3.63. The lowest BCUT2D eigenvalue weighted by Gasteiger charge is -2.38. The molecule has 2 saturated heterocycles. The molecular formula is C18H28N2O3S2. The Labute approximate surface area is 155 Å². The first-order valence-electron chi connectivity index (χ1n) is 8.91. The van der Waals surface area contributed by atoms with Crippen molar-refractivity contribution in [2.45, 2.75) is 54.1 Å². The fourth-order valence-corrected chi connectivity index (χ4v) is 5.48. The van der Waals surface area contributed by atoms with Crippen LogP contribution in [0.15, 0.2) is 29.2 Å². The van der Waals surface area contributed by atoms with Gasteiger partial charge < -0.3 is 10.1 Å². The molecule has 2 heterocycles. The summed E-state index contributed by atoms with van der Waals surface area (Å²) in [5.74, 6) is 1.28. The quantitative estimate of drug-likeness (QED) is 0.785. The molecule has 4 unspecified atom stereocenters. The van der Waals surface area contributed by atoms with E-state index < -0.39 is 9.84 Å². The highest BCUT2D eigenvalue weighted by Gasteiger charge is 2.31. The van der Waals surface area contributed by atoms with Gasteiger partial charge in [0, 0.05) is 25.2 Å². The lowest BCUT2D eigenvalue weighted by Crippen LogP contribution is -2.52. The minimum absolute atomic E-state index is 0.0705. The summed E-state index contributed by atoms with van der Waals surface area (Å²) in [7, 11) is -1.42. The zero-order valence-electron chi connectivity index (χ0n) is 14.9. The summed E-state index contributed by atoms with van der Waals surface area (Å²) in [6, 6.07) is 7.24. The maximum atomic E-state index is 11.7. The van der Waals surface area contributed by atoms with E-state index in [4.69, 9.17) is 4.74 Å². The Morgan fingerprint density at radius 1 is 1.24 bits per heavy atom. The van der Waals surface area contributed by atoms with Crippen LogP contribution in [-0.2, 0) is 14.6 Å². The van der Waals surface area contributed by atoms with Crippen molar-refractivity contribution in [1.29, 1.82) is 0 Å². The van der Waals surface area contributed by atoms with E-state index in [1.54, 1.807) is 19.2 Å². The summed E-state index contributed by atoms with van der Waals surface area (Å²) >= 11 is 2.07. The van der Waals surface area contributed by atoms with Crippen LogP contribution in [0.4, 0.5) is 0 Å². The first-order valence-corrected chi connectivity index (χ1v) is 11.9. The number of ether oxygens (including phenoxy) is 1. The van der Waals surface area contributed by atoms with Crippen LogP contribution in [0.25, 0.3) is 0 Å². The van der Waals surface area contributed by atoms with Crippen LogP contribution in [0.2, 0.25) is 0 Å². The van der Waals surface area contributed by atoms with E-state index in [1.165, 1.54) is 24.9 Å². The van der Waals surface area contributed by atoms with Gasteiger partial charge in [-0.05, 0) is 49.1 Å². The minimum Gasteiger partial charge on any atom is -0.379 e. The molecule has 0 radical (unpaired) electrons. The second-order valence-electron chi connectivity index (χ2n) is 6.93. The minimum atomic E-state index is -3.16. The number of nitrogens with one attached hydrogen (secondary N) is 2. The standard InChI is InChI=1S/C18H28N2O3S2/c1-23-16-9-10-17(19-12-14-4-3-11-24-14)20-18(16)13-5-7-15(8-6-13)25(2,21)22/h5-8,14,16-20H,3-4,9-12H2,1-2H3. The van der Waals surface area contributed by atoms with Crippen molar-refractivity contribution in [2.75, 3.05) is 25.7 Å². The van der Waals surface area contributed by atoms with Crippen LogP contribution < -0.4 is 10.6 Å². The summed E-state index contributed by atoms with van der Waals surface area (Å²) in [6.07, 6.45) is 6.26. The second kappa shape index (κ2) is 8.39. The molecule has 0 spiro atoms. The van der Waals surface area contributed by atoms with Crippen molar-refractivity contribution in [2.24, 2.45) is 0 Å². The third kappa shape index (κ3) is 4.98. The van der Waals surface area contributed by atoms with Crippen LogP contribution in [0.1, 0.15) is 37.3 Å². The van der Waals surface area contributed by atoms with Crippen LogP contribution in [-0.4, -0.2) is 51.6 Å². The largest absolute Gasteiger partial charge is 0.379 e. The van der Waals surface area contributed by atoms with Crippen LogP contribution in [0.5, 0.6) is 0 Å². The lowest BCUT2D eigenvalue weighted by atomic mass is 9.93. The molecule has 3 rings (SSSR count). The average Bonchev–Trinajstić information content (AvgIpc) is 3.12. The van der Waals surface area contributed by atoms with E-state index in [-0.39, 0.29) is 18.3 Å². The van der Waals surface area contributed by atoms with E-state index in [0.29, 0.717) is 4.90 Å². The Kier molecular flexibility index (Phi) is 6.44. The van der Waals surface area contributed by atoms with Crippen LogP contribution in [0.3, 0.4) is 0 Å². The first kappa shape index (κ1) is 19.2. The monoisotopic (exact) mass is 384 g/mol. The summed E-state index contributed by atoms with van der Waals surface area (Å²) in [5.41, 5.74) is 1.07. The van der Waals surface area contributed by atoms with Crippen LogP contribution >= 0.6 is 11.8 Å². The summed E-state index contributed by atoms with van der Waals surface area (Å²) < 4.78 is 29.0. The summed E-state index contributed by atoms with van der Waals surface area (Å²) in [4.78, 5) is 0.356. The second-order valence-corrected chi connectivity index (χ2v) is 10.4. The molecule has 1 aromatic carbocycles. The normalized spacial score (nSPS) is 30.5. The average molecular weight is 385 g/mol. The van der Waals surface area contributed by atoms with Crippen molar-refractivity contribution in [3.05, 3.63) is 29.8 Å². The molecule has 0 aliphatic carbocycles. The van der Waals surface area contributed by atoms with E-state index in [2.05, 4.69) is 22.4 Å². The van der Waals surface area contributed by atoms with Gasteiger partial charge in [-0.1, -0.05) is 12.1 Å². The van der Waals surface area contributed by atoms with Gasteiger partial charge in [0.05, 0.1) is 23.2 Å². The van der Waals surface area contributed by atoms with E-state index in [1.807, 2.05) is 12.1 Å². The van der Waals surface area contributed by atoms with E-state index >= 15 is 0 Å². The molecule has 1 aromatic rings. The predicted octanol–water partition coefficient (Wildman–Crippen LogP) is 2.34. The Balaban J connectivity index is 1.66. The summed E-state index contributed by atoms with van der Waals surface area (Å²) in [5, 5.41) is 8.05. The predicted molar refractivity (Wildman–Crippen MR) is 103 cm³/mol. The van der Waals surface area contributed by atoms with E-state index in [9.17, 15) is 8.42 Å². The van der Waals surface area contributed by atoms with Crippen molar-refractivity contribution < 1.29 is 13.2 Å². The molecule has 2 N–H and O–H groups in total. The zero-order chi connectivity index (χ0) is 17.9. The highest BCUT2D eigenvalue weighted by Crippen LogP contribution is 2.29. The highest BCUT2D eigenvalue weighted by molar-refractivity contribution is 8.00. The molecule has 0 amide bonds. The maximum Gasteiger partial charge on any atom is 0.175 e. The van der Waals surface area contributed by atoms with Gasteiger partial charge in [0.15, 0.2) is 9.84 Å². The maximum absolute atomic E-state index is 11.7. The fraction of sp³-hybridized carbons (Fsp3) is 0.667. The molecule has 2 fully saturated rings. The van der Waals surface area contributed by atoms with Crippen molar-refractivity contribution in [3.63, 3.8) is 0 Å². The van der Waals surface area contributed by atoms with Crippen molar-refractivity contribution in [1.82, 2.24) is 10.6 Å². The molecule has 2 aliphatic heterocycles. The molecule has 0 bridgehead atoms. The third-order valence-corrected chi connectivity index (χ3v) is 7.61. The summed E-state index contributed by atoms with van der Waals surface area (Å²) in [6.45, 7) is 1.04. The van der Waals surface area contributed by atoms with Gasteiger partial charge in [0.1, 0.15) is 0 Å². The van der Waals surface area contributed by atoms with Crippen molar-refractivity contribution in [3.8, 4) is 0 Å². The van der Waals surface area contributed by atoms with Crippen LogP contribution in [0, 0.1) is 0 Å². The van der Waals surface area contributed by atoms with E-state index in [0.717, 1.165) is 30.2 Å². The molecule has 5 nitrogen and oxygen atoms in total. The molecule has 2 aliphatic rings. The molecule has 7 heteroatoms. The number of hydrogen-bond acceptors (Lipinski definition) is 6. The molecule has 0 saturated carbocycles.